The van der Waals surface area contributed by atoms with Crippen molar-refractivity contribution < 1.29 is 4.79 Å². The Morgan fingerprint density at radius 2 is 2.20 bits per heavy atom. The number of nitrogens with one attached hydrogen (secondary N) is 2. The molecule has 1 aromatic carbocycles. The van der Waals surface area contributed by atoms with Crippen LogP contribution in [0.2, 0.25) is 0 Å². The van der Waals surface area contributed by atoms with Crippen molar-refractivity contribution in [2.24, 2.45) is 11.8 Å². The molecule has 110 valence electrons. The monoisotopic (exact) mass is 275 g/mol. The molecule has 0 bridgehead atoms. The summed E-state index contributed by atoms with van der Waals surface area (Å²) in [4.78, 5) is 11.8. The van der Waals surface area contributed by atoms with E-state index in [0.717, 1.165) is 24.1 Å². The maximum atomic E-state index is 11.8. The van der Waals surface area contributed by atoms with E-state index in [0.29, 0.717) is 17.8 Å². The van der Waals surface area contributed by atoms with Gasteiger partial charge in [0.2, 0.25) is 0 Å². The third-order valence-corrected chi connectivity index (χ3v) is 4.04. The maximum absolute atomic E-state index is 11.8. The highest BCUT2D eigenvalue weighted by Crippen LogP contribution is 2.31. The number of hydrogen-bond donors (Lipinski definition) is 3. The van der Waals surface area contributed by atoms with Gasteiger partial charge in [0.1, 0.15) is 0 Å². The number of benzene rings is 1. The SMILES string of the molecule is CCNC(=O)c1ccc(N)c(NCC2CCC(C)C2)c1. The van der Waals surface area contributed by atoms with Gasteiger partial charge in [-0.3, -0.25) is 4.79 Å². The number of carbonyl (C=O) groups excluding carboxylic acids is 1. The molecule has 1 fully saturated rings. The van der Waals surface area contributed by atoms with Gasteiger partial charge in [-0.1, -0.05) is 13.3 Å². The third kappa shape index (κ3) is 3.65. The van der Waals surface area contributed by atoms with E-state index in [1.165, 1.54) is 19.3 Å². The van der Waals surface area contributed by atoms with Crippen molar-refractivity contribution in [3.05, 3.63) is 23.8 Å². The van der Waals surface area contributed by atoms with Crippen LogP contribution in [-0.4, -0.2) is 19.0 Å². The maximum Gasteiger partial charge on any atom is 0.251 e. The number of nitrogen functional groups attached to an aromatic ring is 1. The lowest BCUT2D eigenvalue weighted by Gasteiger charge is -2.15. The van der Waals surface area contributed by atoms with Crippen LogP contribution in [0.1, 0.15) is 43.5 Å². The Labute approximate surface area is 121 Å². The van der Waals surface area contributed by atoms with Gasteiger partial charge >= 0.3 is 0 Å². The number of amides is 1. The second kappa shape index (κ2) is 6.64. The molecule has 0 heterocycles. The van der Waals surface area contributed by atoms with E-state index >= 15 is 0 Å². The summed E-state index contributed by atoms with van der Waals surface area (Å²) in [6.07, 6.45) is 3.88. The zero-order valence-corrected chi connectivity index (χ0v) is 12.4. The topological polar surface area (TPSA) is 67.2 Å². The highest BCUT2D eigenvalue weighted by Gasteiger charge is 2.21. The minimum absolute atomic E-state index is 0.0509. The number of hydrogen-bond acceptors (Lipinski definition) is 3. The van der Waals surface area contributed by atoms with Crippen LogP contribution in [0.5, 0.6) is 0 Å². The van der Waals surface area contributed by atoms with Crippen LogP contribution in [0.3, 0.4) is 0 Å². The Balaban J connectivity index is 1.99. The first-order valence-corrected chi connectivity index (χ1v) is 7.51. The van der Waals surface area contributed by atoms with Crippen LogP contribution in [0.4, 0.5) is 11.4 Å². The summed E-state index contributed by atoms with van der Waals surface area (Å²) in [5, 5.41) is 6.21. The Hall–Kier alpha value is -1.71. The van der Waals surface area contributed by atoms with Gasteiger partial charge in [0.15, 0.2) is 0 Å². The minimum atomic E-state index is -0.0509. The predicted molar refractivity (Wildman–Crippen MR) is 83.9 cm³/mol. The third-order valence-electron chi connectivity index (χ3n) is 4.04. The highest BCUT2D eigenvalue weighted by molar-refractivity contribution is 5.96. The number of rotatable bonds is 5. The molecule has 0 saturated heterocycles. The molecule has 2 atom stereocenters. The van der Waals surface area contributed by atoms with Crippen LogP contribution < -0.4 is 16.4 Å². The lowest BCUT2D eigenvalue weighted by Crippen LogP contribution is -2.23. The van der Waals surface area contributed by atoms with E-state index in [1.54, 1.807) is 12.1 Å². The van der Waals surface area contributed by atoms with Gasteiger partial charge in [-0.25, -0.2) is 0 Å². The summed E-state index contributed by atoms with van der Waals surface area (Å²) in [5.74, 6) is 1.50. The van der Waals surface area contributed by atoms with Crippen molar-refractivity contribution in [1.82, 2.24) is 5.32 Å². The molecule has 1 aromatic rings. The van der Waals surface area contributed by atoms with Gasteiger partial charge in [-0.2, -0.15) is 0 Å². The average molecular weight is 275 g/mol. The van der Waals surface area contributed by atoms with Crippen molar-refractivity contribution in [3.63, 3.8) is 0 Å². The summed E-state index contributed by atoms with van der Waals surface area (Å²) >= 11 is 0. The molecular weight excluding hydrogens is 250 g/mol. The van der Waals surface area contributed by atoms with Crippen LogP contribution in [0.15, 0.2) is 18.2 Å². The fourth-order valence-corrected chi connectivity index (χ4v) is 2.88. The van der Waals surface area contributed by atoms with Gasteiger partial charge in [0, 0.05) is 18.7 Å². The van der Waals surface area contributed by atoms with E-state index in [1.807, 2.05) is 13.0 Å². The summed E-state index contributed by atoms with van der Waals surface area (Å²) in [7, 11) is 0. The molecule has 1 amide bonds. The molecule has 0 spiro atoms. The average Bonchev–Trinajstić information content (AvgIpc) is 2.84. The van der Waals surface area contributed by atoms with Gasteiger partial charge < -0.3 is 16.4 Å². The first kappa shape index (κ1) is 14.7. The molecule has 4 heteroatoms. The van der Waals surface area contributed by atoms with Crippen molar-refractivity contribution in [1.29, 1.82) is 0 Å². The first-order chi connectivity index (χ1) is 9.60. The molecule has 0 radical (unpaired) electrons. The summed E-state index contributed by atoms with van der Waals surface area (Å²) < 4.78 is 0. The Morgan fingerprint density at radius 1 is 1.40 bits per heavy atom. The van der Waals surface area contributed by atoms with E-state index < -0.39 is 0 Å². The second-order valence-corrected chi connectivity index (χ2v) is 5.83. The van der Waals surface area contributed by atoms with E-state index in [2.05, 4.69) is 17.6 Å². The standard InChI is InChI=1S/C16H25N3O/c1-3-18-16(20)13-6-7-14(17)15(9-13)19-10-12-5-4-11(2)8-12/h6-7,9,11-12,19H,3-5,8,10,17H2,1-2H3,(H,18,20). The normalized spacial score (nSPS) is 21.7. The van der Waals surface area contributed by atoms with Crippen LogP contribution in [0, 0.1) is 11.8 Å². The van der Waals surface area contributed by atoms with Gasteiger partial charge in [-0.05, 0) is 49.8 Å². The van der Waals surface area contributed by atoms with Crippen molar-refractivity contribution in [2.75, 3.05) is 24.1 Å². The highest BCUT2D eigenvalue weighted by atomic mass is 16.1. The molecule has 1 aliphatic rings. The summed E-state index contributed by atoms with van der Waals surface area (Å²) in [6.45, 7) is 5.79. The number of anilines is 2. The first-order valence-electron chi connectivity index (χ1n) is 7.51. The number of carbonyl (C=O) groups is 1. The Kier molecular flexibility index (Phi) is 4.88. The smallest absolute Gasteiger partial charge is 0.251 e. The molecule has 4 nitrogen and oxygen atoms in total. The van der Waals surface area contributed by atoms with E-state index in [4.69, 9.17) is 5.73 Å². The molecular formula is C16H25N3O. The van der Waals surface area contributed by atoms with Crippen molar-refractivity contribution in [2.45, 2.75) is 33.1 Å². The Bertz CT molecular complexity index is 473. The minimum Gasteiger partial charge on any atom is -0.397 e. The van der Waals surface area contributed by atoms with Crippen LogP contribution in [-0.2, 0) is 0 Å². The quantitative estimate of drug-likeness (QED) is 0.724. The molecule has 1 saturated carbocycles. The molecule has 20 heavy (non-hydrogen) atoms. The molecule has 1 aliphatic carbocycles. The van der Waals surface area contributed by atoms with E-state index in [-0.39, 0.29) is 5.91 Å². The lowest BCUT2D eigenvalue weighted by molar-refractivity contribution is 0.0956. The fourth-order valence-electron chi connectivity index (χ4n) is 2.88. The number of nitrogens with two attached hydrogens (primary N) is 1. The summed E-state index contributed by atoms with van der Waals surface area (Å²) in [6, 6.07) is 5.41. The van der Waals surface area contributed by atoms with Gasteiger partial charge in [0.05, 0.1) is 11.4 Å². The van der Waals surface area contributed by atoms with Crippen molar-refractivity contribution in [3.8, 4) is 0 Å². The summed E-state index contributed by atoms with van der Waals surface area (Å²) in [5.41, 5.74) is 8.20. The van der Waals surface area contributed by atoms with E-state index in [9.17, 15) is 4.79 Å². The van der Waals surface area contributed by atoms with Gasteiger partial charge in [-0.15, -0.1) is 0 Å². The Morgan fingerprint density at radius 3 is 2.85 bits per heavy atom. The zero-order valence-electron chi connectivity index (χ0n) is 12.4. The van der Waals surface area contributed by atoms with Gasteiger partial charge in [0.25, 0.3) is 5.91 Å². The fraction of sp³-hybridized carbons (Fsp3) is 0.562. The molecule has 2 unspecified atom stereocenters. The van der Waals surface area contributed by atoms with Crippen molar-refractivity contribution >= 4 is 17.3 Å². The predicted octanol–water partition coefficient (Wildman–Crippen LogP) is 2.87. The van der Waals surface area contributed by atoms with Crippen LogP contribution >= 0.6 is 0 Å². The molecule has 4 N–H and O–H groups in total. The molecule has 2 rings (SSSR count). The lowest BCUT2D eigenvalue weighted by atomic mass is 10.1. The molecule has 0 aromatic heterocycles. The largest absolute Gasteiger partial charge is 0.397 e. The zero-order chi connectivity index (χ0) is 14.5. The molecule has 0 aliphatic heterocycles. The van der Waals surface area contributed by atoms with Crippen LogP contribution in [0.25, 0.3) is 0 Å². The second-order valence-electron chi connectivity index (χ2n) is 5.83.